The first-order chi connectivity index (χ1) is 10.0. The van der Waals surface area contributed by atoms with Crippen LogP contribution in [0.25, 0.3) is 0 Å². The summed E-state index contributed by atoms with van der Waals surface area (Å²) in [6.45, 7) is 7.88. The lowest BCUT2D eigenvalue weighted by Gasteiger charge is -1.94. The molecule has 4 heteroatoms. The molecule has 0 spiro atoms. The van der Waals surface area contributed by atoms with Crippen LogP contribution in [0.4, 0.5) is 0 Å². The fourth-order valence-corrected chi connectivity index (χ4v) is 1.10. The van der Waals surface area contributed by atoms with Crippen molar-refractivity contribution in [3.05, 3.63) is 64.3 Å². The van der Waals surface area contributed by atoms with Crippen molar-refractivity contribution in [2.75, 3.05) is 14.1 Å². The average Bonchev–Trinajstić information content (AvgIpc) is 2.48. The second-order valence-corrected chi connectivity index (χ2v) is 4.12. The van der Waals surface area contributed by atoms with Crippen LogP contribution in [0.15, 0.2) is 47.5 Å². The molecule has 2 aromatic rings. The smallest absolute Gasteiger partial charge is 0.250 e. The van der Waals surface area contributed by atoms with E-state index in [0.29, 0.717) is 0 Å². The Morgan fingerprint density at radius 1 is 1.10 bits per heavy atom. The van der Waals surface area contributed by atoms with Crippen LogP contribution in [-0.4, -0.2) is 23.6 Å². The first-order valence-electron chi connectivity index (χ1n) is 7.10. The summed E-state index contributed by atoms with van der Waals surface area (Å²) in [6, 6.07) is 9.37. The number of rotatable bonds is 0. The number of pyridine rings is 2. The molecule has 0 saturated carbocycles. The molecule has 118 valence electrons. The van der Waals surface area contributed by atoms with Crippen LogP contribution in [0.1, 0.15) is 25.1 Å². The Kier molecular flexibility index (Phi) is 14.7. The van der Waals surface area contributed by atoms with Gasteiger partial charge in [0.2, 0.25) is 0 Å². The van der Waals surface area contributed by atoms with Gasteiger partial charge in [0.1, 0.15) is 0 Å². The Hall–Kier alpha value is -1.94. The zero-order valence-corrected chi connectivity index (χ0v) is 14.3. The molecular formula is C17H29N3O. The van der Waals surface area contributed by atoms with Crippen LogP contribution < -0.4 is 10.9 Å². The molecule has 4 nitrogen and oxygen atoms in total. The molecular weight excluding hydrogens is 262 g/mol. The highest BCUT2D eigenvalue weighted by atomic mass is 16.1. The molecule has 2 rings (SSSR count). The molecule has 1 N–H and O–H groups in total. The molecule has 0 unspecified atom stereocenters. The van der Waals surface area contributed by atoms with Crippen molar-refractivity contribution in [1.82, 2.24) is 14.9 Å². The normalized spacial score (nSPS) is 8.14. The van der Waals surface area contributed by atoms with Crippen LogP contribution in [0, 0.1) is 13.8 Å². The minimum Gasteiger partial charge on any atom is -0.323 e. The molecule has 0 aliphatic rings. The summed E-state index contributed by atoms with van der Waals surface area (Å²) < 4.78 is 1.55. The van der Waals surface area contributed by atoms with E-state index in [1.807, 2.05) is 66.1 Å². The fraction of sp³-hybridized carbons (Fsp3) is 0.412. The standard InChI is InChI=1S/C7H9NO.C6H7N.C2H7N.C2H6/c1-6-3-4-8(2)7(9)5-6;1-6-4-2-3-5-7-6;1-3-2;1-2/h3-5H,1-2H3;2-5H,1H3;3H,1-2H3;1-2H3. The van der Waals surface area contributed by atoms with Crippen molar-refractivity contribution in [1.29, 1.82) is 0 Å². The molecule has 0 amide bonds. The molecule has 0 aliphatic heterocycles. The third kappa shape index (κ3) is 12.8. The van der Waals surface area contributed by atoms with Crippen molar-refractivity contribution in [3.63, 3.8) is 0 Å². The molecule has 0 atom stereocenters. The summed E-state index contributed by atoms with van der Waals surface area (Å²) >= 11 is 0. The Labute approximate surface area is 128 Å². The van der Waals surface area contributed by atoms with Crippen molar-refractivity contribution in [2.24, 2.45) is 7.05 Å². The van der Waals surface area contributed by atoms with Crippen molar-refractivity contribution < 1.29 is 0 Å². The maximum atomic E-state index is 10.8. The van der Waals surface area contributed by atoms with Crippen molar-refractivity contribution in [3.8, 4) is 0 Å². The summed E-state index contributed by atoms with van der Waals surface area (Å²) in [7, 11) is 5.49. The quantitative estimate of drug-likeness (QED) is 0.812. The number of aryl methyl sites for hydroxylation is 3. The van der Waals surface area contributed by atoms with E-state index in [4.69, 9.17) is 0 Å². The lowest BCUT2D eigenvalue weighted by atomic mass is 10.3. The summed E-state index contributed by atoms with van der Waals surface area (Å²) in [5, 5.41) is 2.75. The van der Waals surface area contributed by atoms with Gasteiger partial charge in [-0.15, -0.1) is 0 Å². The van der Waals surface area contributed by atoms with E-state index in [-0.39, 0.29) is 5.56 Å². The zero-order chi connectivity index (χ0) is 16.7. The predicted molar refractivity (Wildman–Crippen MR) is 91.7 cm³/mol. The third-order valence-corrected chi connectivity index (χ3v) is 2.07. The van der Waals surface area contributed by atoms with Gasteiger partial charge in [-0.25, -0.2) is 0 Å². The average molecular weight is 291 g/mol. The van der Waals surface area contributed by atoms with Gasteiger partial charge < -0.3 is 9.88 Å². The van der Waals surface area contributed by atoms with Gasteiger partial charge >= 0.3 is 0 Å². The third-order valence-electron chi connectivity index (χ3n) is 2.07. The zero-order valence-electron chi connectivity index (χ0n) is 14.3. The Morgan fingerprint density at radius 3 is 1.95 bits per heavy atom. The van der Waals surface area contributed by atoms with Crippen LogP contribution >= 0.6 is 0 Å². The summed E-state index contributed by atoms with van der Waals surface area (Å²) in [6.07, 6.45) is 3.55. The van der Waals surface area contributed by atoms with Gasteiger partial charge in [-0.3, -0.25) is 9.78 Å². The lowest BCUT2D eigenvalue weighted by molar-refractivity contribution is 0.856. The second kappa shape index (κ2) is 14.5. The van der Waals surface area contributed by atoms with E-state index in [1.165, 1.54) is 0 Å². The van der Waals surface area contributed by atoms with Crippen LogP contribution in [-0.2, 0) is 7.05 Å². The van der Waals surface area contributed by atoms with Gasteiger partial charge in [0.05, 0.1) is 0 Å². The number of nitrogens with one attached hydrogen (secondary N) is 1. The molecule has 0 radical (unpaired) electrons. The summed E-state index contributed by atoms with van der Waals surface area (Å²) in [5.74, 6) is 0. The van der Waals surface area contributed by atoms with Gasteiger partial charge in [0.15, 0.2) is 0 Å². The van der Waals surface area contributed by atoms with E-state index >= 15 is 0 Å². The minimum atomic E-state index is 0.0509. The monoisotopic (exact) mass is 291 g/mol. The van der Waals surface area contributed by atoms with Crippen molar-refractivity contribution in [2.45, 2.75) is 27.7 Å². The van der Waals surface area contributed by atoms with E-state index in [9.17, 15) is 4.79 Å². The Morgan fingerprint density at radius 2 is 1.67 bits per heavy atom. The Balaban J connectivity index is 0. The molecule has 0 bridgehead atoms. The predicted octanol–water partition coefficient (Wildman–Crippen LogP) is 2.95. The highest BCUT2D eigenvalue weighted by Gasteiger charge is 1.86. The largest absolute Gasteiger partial charge is 0.323 e. The van der Waals surface area contributed by atoms with Gasteiger partial charge in [-0.2, -0.15) is 0 Å². The molecule has 0 fully saturated rings. The topological polar surface area (TPSA) is 46.9 Å². The SMILES string of the molecule is CC.CNC.Cc1ccccn1.Cc1ccn(C)c(=O)c1. The first-order valence-corrected chi connectivity index (χ1v) is 7.10. The molecule has 0 saturated heterocycles. The molecule has 0 aliphatic carbocycles. The van der Waals surface area contributed by atoms with Gasteiger partial charge in [-0.05, 0) is 51.7 Å². The molecule has 2 heterocycles. The molecule has 21 heavy (non-hydrogen) atoms. The molecule has 0 aromatic carbocycles. The van der Waals surface area contributed by atoms with E-state index in [2.05, 4.69) is 10.3 Å². The number of aromatic nitrogens is 2. The van der Waals surface area contributed by atoms with Gasteiger partial charge in [0, 0.05) is 31.2 Å². The summed E-state index contributed by atoms with van der Waals surface area (Å²) in [4.78, 5) is 14.8. The maximum Gasteiger partial charge on any atom is 0.250 e. The van der Waals surface area contributed by atoms with E-state index < -0.39 is 0 Å². The maximum absolute atomic E-state index is 10.8. The number of nitrogens with zero attached hydrogens (tertiary/aromatic N) is 2. The lowest BCUT2D eigenvalue weighted by Crippen LogP contribution is -2.13. The van der Waals surface area contributed by atoms with Gasteiger partial charge in [0.25, 0.3) is 5.56 Å². The van der Waals surface area contributed by atoms with Crippen LogP contribution in [0.3, 0.4) is 0 Å². The van der Waals surface area contributed by atoms with E-state index in [0.717, 1.165) is 11.3 Å². The number of hydrogen-bond donors (Lipinski definition) is 1. The molecule has 2 aromatic heterocycles. The van der Waals surface area contributed by atoms with Crippen LogP contribution in [0.5, 0.6) is 0 Å². The number of hydrogen-bond acceptors (Lipinski definition) is 3. The van der Waals surface area contributed by atoms with E-state index in [1.54, 1.807) is 30.1 Å². The second-order valence-electron chi connectivity index (χ2n) is 4.12. The first kappa shape index (κ1) is 21.4. The fourth-order valence-electron chi connectivity index (χ4n) is 1.10. The van der Waals surface area contributed by atoms with Crippen molar-refractivity contribution >= 4 is 0 Å². The highest BCUT2D eigenvalue weighted by Crippen LogP contribution is 1.87. The Bertz CT molecular complexity index is 507. The van der Waals surface area contributed by atoms with Crippen LogP contribution in [0.2, 0.25) is 0 Å². The van der Waals surface area contributed by atoms with Gasteiger partial charge in [-0.1, -0.05) is 19.9 Å². The highest BCUT2D eigenvalue weighted by molar-refractivity contribution is 5.07. The summed E-state index contributed by atoms with van der Waals surface area (Å²) in [5.41, 5.74) is 2.13. The minimum absolute atomic E-state index is 0.0509.